The number of nitriles is 1. The van der Waals surface area contributed by atoms with Gasteiger partial charge in [-0.25, -0.2) is 8.80 Å². The second-order valence-electron chi connectivity index (χ2n) is 14.3. The Balaban J connectivity index is 0.000000158. The minimum atomic E-state index is -0.0825. The summed E-state index contributed by atoms with van der Waals surface area (Å²) in [7, 11) is 3.84. The maximum atomic E-state index is 13.4. The zero-order chi connectivity index (χ0) is 38.9. The monoisotopic (exact) mass is 743 g/mol. The van der Waals surface area contributed by atoms with E-state index in [0.29, 0.717) is 46.9 Å². The maximum Gasteiger partial charge on any atom is 0.263 e. The van der Waals surface area contributed by atoms with E-state index >= 15 is 0 Å². The zero-order valence-electron chi connectivity index (χ0n) is 31.8. The molecule has 4 aromatic heterocycles. The average Bonchev–Trinajstić information content (AvgIpc) is 4.00. The van der Waals surface area contributed by atoms with Crippen molar-refractivity contribution >= 4 is 51.3 Å². The Kier molecular flexibility index (Phi) is 9.62. The van der Waals surface area contributed by atoms with E-state index in [4.69, 9.17) is 5.26 Å². The van der Waals surface area contributed by atoms with Gasteiger partial charge in [-0.1, -0.05) is 77.9 Å². The van der Waals surface area contributed by atoms with Gasteiger partial charge in [0.25, 0.3) is 11.1 Å². The van der Waals surface area contributed by atoms with Crippen molar-refractivity contribution in [2.45, 2.75) is 39.8 Å². The van der Waals surface area contributed by atoms with Gasteiger partial charge < -0.3 is 9.80 Å². The molecular formula is C43H41N11O2. The number of benzene rings is 4. The molecule has 1 aliphatic heterocycles. The fraction of sp³-hybridized carbons (Fsp3) is 0.233. The van der Waals surface area contributed by atoms with E-state index in [1.807, 2.05) is 133 Å². The summed E-state index contributed by atoms with van der Waals surface area (Å²) < 4.78 is 7.29. The molecule has 0 saturated carbocycles. The zero-order valence-corrected chi connectivity index (χ0v) is 31.8. The Morgan fingerprint density at radius 3 is 1.98 bits per heavy atom. The van der Waals surface area contributed by atoms with Crippen LogP contribution in [0.5, 0.6) is 0 Å². The summed E-state index contributed by atoms with van der Waals surface area (Å²) in [5.74, 6) is 2.56. The van der Waals surface area contributed by atoms with Crippen LogP contribution in [-0.4, -0.2) is 65.5 Å². The third kappa shape index (κ3) is 6.66. The third-order valence-corrected chi connectivity index (χ3v) is 10.1. The summed E-state index contributed by atoms with van der Waals surface area (Å²) in [6.45, 7) is 6.66. The van der Waals surface area contributed by atoms with Crippen molar-refractivity contribution in [1.82, 2.24) is 38.3 Å². The van der Waals surface area contributed by atoms with Gasteiger partial charge in [0.05, 0.1) is 40.0 Å². The average molecular weight is 744 g/mol. The first-order valence-electron chi connectivity index (χ1n) is 18.6. The highest BCUT2D eigenvalue weighted by Gasteiger charge is 2.23. The van der Waals surface area contributed by atoms with Gasteiger partial charge in [-0.3, -0.25) is 18.7 Å². The fourth-order valence-electron chi connectivity index (χ4n) is 7.27. The molecule has 13 nitrogen and oxygen atoms in total. The maximum absolute atomic E-state index is 13.4. The summed E-state index contributed by atoms with van der Waals surface area (Å²) in [6.07, 6.45) is 6.25. The molecule has 280 valence electrons. The van der Waals surface area contributed by atoms with Crippen LogP contribution in [0.1, 0.15) is 40.7 Å². The van der Waals surface area contributed by atoms with Gasteiger partial charge in [-0.2, -0.15) is 5.26 Å². The van der Waals surface area contributed by atoms with E-state index in [1.54, 1.807) is 21.3 Å². The second kappa shape index (κ2) is 15.0. The molecule has 4 aromatic carbocycles. The van der Waals surface area contributed by atoms with Crippen molar-refractivity contribution < 1.29 is 0 Å². The highest BCUT2D eigenvalue weighted by Crippen LogP contribution is 2.24. The molecular weight excluding hydrogens is 703 g/mol. The van der Waals surface area contributed by atoms with Crippen molar-refractivity contribution in [2.75, 3.05) is 37.0 Å². The quantitative estimate of drug-likeness (QED) is 0.193. The van der Waals surface area contributed by atoms with E-state index < -0.39 is 0 Å². The van der Waals surface area contributed by atoms with Gasteiger partial charge in [0.2, 0.25) is 23.5 Å². The highest BCUT2D eigenvalue weighted by molar-refractivity contribution is 5.83. The van der Waals surface area contributed by atoms with Crippen molar-refractivity contribution in [3.8, 4) is 6.07 Å². The van der Waals surface area contributed by atoms with E-state index in [2.05, 4.69) is 31.4 Å². The Hall–Kier alpha value is -7.07. The minimum absolute atomic E-state index is 0.0587. The Morgan fingerprint density at radius 1 is 0.732 bits per heavy atom. The Bertz CT molecular complexity index is 2920. The van der Waals surface area contributed by atoms with Crippen molar-refractivity contribution in [1.29, 1.82) is 5.26 Å². The number of anilines is 2. The summed E-state index contributed by atoms with van der Waals surface area (Å²) >= 11 is 0. The van der Waals surface area contributed by atoms with Crippen LogP contribution in [0.25, 0.3) is 39.4 Å². The fourth-order valence-corrected chi connectivity index (χ4v) is 7.27. The van der Waals surface area contributed by atoms with Crippen LogP contribution in [-0.2, 0) is 13.1 Å². The lowest BCUT2D eigenvalue weighted by Crippen LogP contribution is -2.26. The smallest absolute Gasteiger partial charge is 0.263 e. The summed E-state index contributed by atoms with van der Waals surface area (Å²) in [5, 5.41) is 27.8. The number of allylic oxidation sites excluding steroid dienone is 1. The van der Waals surface area contributed by atoms with Crippen LogP contribution in [0.15, 0.2) is 107 Å². The molecule has 0 bridgehead atoms. The second-order valence-corrected chi connectivity index (χ2v) is 14.3. The molecule has 5 heterocycles. The van der Waals surface area contributed by atoms with Gasteiger partial charge in [-0.05, 0) is 74.2 Å². The summed E-state index contributed by atoms with van der Waals surface area (Å²) in [6, 6.07) is 31.2. The molecule has 1 aliphatic rings. The molecule has 0 radical (unpaired) electrons. The number of nitrogens with zero attached hydrogens (tertiary/aromatic N) is 11. The van der Waals surface area contributed by atoms with Gasteiger partial charge in [0.15, 0.2) is 0 Å². The molecule has 56 heavy (non-hydrogen) atoms. The summed E-state index contributed by atoms with van der Waals surface area (Å²) in [5.41, 5.74) is 6.21. The predicted molar refractivity (Wildman–Crippen MR) is 220 cm³/mol. The van der Waals surface area contributed by atoms with E-state index in [1.165, 1.54) is 0 Å². The topological polar surface area (TPSA) is 135 Å². The van der Waals surface area contributed by atoms with Crippen LogP contribution >= 0.6 is 0 Å². The third-order valence-electron chi connectivity index (χ3n) is 10.1. The molecule has 1 saturated heterocycles. The molecule has 8 aromatic rings. The van der Waals surface area contributed by atoms with E-state index in [9.17, 15) is 9.59 Å². The first kappa shape index (κ1) is 35.9. The molecule has 0 spiro atoms. The van der Waals surface area contributed by atoms with Crippen LogP contribution in [0, 0.1) is 25.2 Å². The van der Waals surface area contributed by atoms with Crippen molar-refractivity contribution in [3.63, 3.8) is 0 Å². The summed E-state index contributed by atoms with van der Waals surface area (Å²) in [4.78, 5) is 30.6. The van der Waals surface area contributed by atoms with Gasteiger partial charge in [0, 0.05) is 33.7 Å². The lowest BCUT2D eigenvalue weighted by molar-refractivity contribution is 0.765. The van der Waals surface area contributed by atoms with E-state index in [0.717, 1.165) is 65.2 Å². The van der Waals surface area contributed by atoms with Gasteiger partial charge in [0.1, 0.15) is 0 Å². The number of rotatable bonds is 7. The molecule has 1 fully saturated rings. The largest absolute Gasteiger partial charge is 0.347 e. The van der Waals surface area contributed by atoms with Crippen molar-refractivity contribution in [3.05, 3.63) is 146 Å². The number of aryl methyl sites for hydroxylation is 2. The molecule has 0 aliphatic carbocycles. The number of aromatic nitrogens is 8. The Morgan fingerprint density at radius 2 is 1.34 bits per heavy atom. The molecule has 0 atom stereocenters. The highest BCUT2D eigenvalue weighted by atomic mass is 16.1. The first-order valence-corrected chi connectivity index (χ1v) is 18.6. The standard InChI is InChI=1S/C22H20N6O.C21H21N5O/c1-15-4-9-19-18(12-15)20(29)27(14-17-7-5-16(13-23)6-8-17)22-25-24-21(28(19)22)26-10-2-3-11-26;1-15-11-12-18-17(14-15)19(27)25(13-7-10-16-8-5-4-6-9-16)21-23-22-20(24(2)3)26(18)21/h4-9,12H,2-3,10-11,14H2,1H3;4-12,14H,13H2,1-3H3/b;10-7+. The lowest BCUT2D eigenvalue weighted by Gasteiger charge is -2.17. The van der Waals surface area contributed by atoms with Crippen molar-refractivity contribution in [2.24, 2.45) is 0 Å². The number of fused-ring (bicyclic) bond motifs is 6. The van der Waals surface area contributed by atoms with Crippen LogP contribution in [0.3, 0.4) is 0 Å². The molecule has 0 amide bonds. The molecule has 9 rings (SSSR count). The SMILES string of the molecule is Cc1ccc2c(c1)c(=O)n(C/C=C/c1ccccc1)c1nnc(N(C)C)n21.Cc1ccc2c(c1)c(=O)n(Cc1ccc(C#N)cc1)c1nnc(N3CCCC3)n21. The molecule has 0 unspecified atom stereocenters. The van der Waals surface area contributed by atoms with Crippen LogP contribution in [0.2, 0.25) is 0 Å². The molecule has 0 N–H and O–H groups in total. The normalized spacial score (nSPS) is 12.9. The first-order chi connectivity index (χ1) is 27.2. The van der Waals surface area contributed by atoms with Gasteiger partial charge >= 0.3 is 0 Å². The van der Waals surface area contributed by atoms with Gasteiger partial charge in [-0.15, -0.1) is 20.4 Å². The number of hydrogen-bond acceptors (Lipinski definition) is 9. The van der Waals surface area contributed by atoms with Crippen LogP contribution in [0.4, 0.5) is 11.9 Å². The lowest BCUT2D eigenvalue weighted by atomic mass is 10.1. The Labute approximate surface area is 322 Å². The predicted octanol–water partition coefficient (Wildman–Crippen LogP) is 6.00. The minimum Gasteiger partial charge on any atom is -0.347 e. The number of hydrogen-bond donors (Lipinski definition) is 0. The molecule has 13 heteroatoms. The van der Waals surface area contributed by atoms with E-state index in [-0.39, 0.29) is 11.1 Å². The van der Waals surface area contributed by atoms with Crippen LogP contribution < -0.4 is 20.9 Å².